The number of rotatable bonds is 7. The van der Waals surface area contributed by atoms with E-state index in [4.69, 9.17) is 4.74 Å². The highest BCUT2D eigenvalue weighted by atomic mass is 16.5. The van der Waals surface area contributed by atoms with Crippen LogP contribution in [0.4, 0.5) is 5.69 Å². The van der Waals surface area contributed by atoms with Crippen LogP contribution in [-0.4, -0.2) is 32.1 Å². The number of nitrogens with one attached hydrogen (secondary N) is 1. The number of hydrogen-bond acceptors (Lipinski definition) is 4. The van der Waals surface area contributed by atoms with E-state index in [-0.39, 0.29) is 5.91 Å². The standard InChI is InChI=1S/C13H19N5O2/c1-3-20-10-18-9-12(7-15-18)16-13(19)4-5-17-8-11(2)6-14-17/h6-9H,3-5,10H2,1-2H3,(H,16,19). The summed E-state index contributed by atoms with van der Waals surface area (Å²) < 4.78 is 8.61. The molecule has 0 aliphatic carbocycles. The fourth-order valence-electron chi connectivity index (χ4n) is 1.71. The van der Waals surface area contributed by atoms with Crippen LogP contribution >= 0.6 is 0 Å². The number of nitrogens with zero attached hydrogens (tertiary/aromatic N) is 4. The van der Waals surface area contributed by atoms with E-state index in [0.29, 0.717) is 32.0 Å². The van der Waals surface area contributed by atoms with Crippen LogP contribution in [0.3, 0.4) is 0 Å². The summed E-state index contributed by atoms with van der Waals surface area (Å²) in [7, 11) is 0. The van der Waals surface area contributed by atoms with Crippen molar-refractivity contribution < 1.29 is 9.53 Å². The summed E-state index contributed by atoms with van der Waals surface area (Å²) in [5, 5.41) is 11.0. The number of amides is 1. The molecule has 0 aliphatic rings. The monoisotopic (exact) mass is 277 g/mol. The normalized spacial score (nSPS) is 10.7. The van der Waals surface area contributed by atoms with Crippen molar-refractivity contribution in [3.63, 3.8) is 0 Å². The predicted octanol–water partition coefficient (Wildman–Crippen LogP) is 1.41. The van der Waals surface area contributed by atoms with Gasteiger partial charge in [0.2, 0.25) is 5.91 Å². The third-order valence-electron chi connectivity index (χ3n) is 2.67. The molecule has 108 valence electrons. The topological polar surface area (TPSA) is 74.0 Å². The first kappa shape index (κ1) is 14.3. The summed E-state index contributed by atoms with van der Waals surface area (Å²) in [4.78, 5) is 11.8. The van der Waals surface area contributed by atoms with E-state index in [2.05, 4.69) is 15.5 Å². The summed E-state index contributed by atoms with van der Waals surface area (Å²) >= 11 is 0. The van der Waals surface area contributed by atoms with Gasteiger partial charge in [0, 0.05) is 25.8 Å². The predicted molar refractivity (Wildman–Crippen MR) is 74.1 cm³/mol. The number of aryl methyl sites for hydroxylation is 2. The molecule has 0 saturated carbocycles. The van der Waals surface area contributed by atoms with Crippen molar-refractivity contribution in [3.05, 3.63) is 30.4 Å². The van der Waals surface area contributed by atoms with E-state index >= 15 is 0 Å². The van der Waals surface area contributed by atoms with Crippen LogP contribution < -0.4 is 5.32 Å². The smallest absolute Gasteiger partial charge is 0.226 e. The fraction of sp³-hybridized carbons (Fsp3) is 0.462. The molecule has 2 rings (SSSR count). The highest BCUT2D eigenvalue weighted by molar-refractivity contribution is 5.90. The van der Waals surface area contributed by atoms with Gasteiger partial charge in [-0.15, -0.1) is 0 Å². The molecular formula is C13H19N5O2. The van der Waals surface area contributed by atoms with Crippen molar-refractivity contribution in [2.75, 3.05) is 11.9 Å². The van der Waals surface area contributed by atoms with E-state index < -0.39 is 0 Å². The number of anilines is 1. The summed E-state index contributed by atoms with van der Waals surface area (Å²) in [6.07, 6.45) is 7.40. The highest BCUT2D eigenvalue weighted by Crippen LogP contribution is 2.06. The Hall–Kier alpha value is -2.15. The minimum absolute atomic E-state index is 0.0610. The van der Waals surface area contributed by atoms with Crippen LogP contribution in [0.15, 0.2) is 24.8 Å². The van der Waals surface area contributed by atoms with Gasteiger partial charge in [-0.3, -0.25) is 9.48 Å². The van der Waals surface area contributed by atoms with E-state index in [1.807, 2.05) is 20.0 Å². The van der Waals surface area contributed by atoms with E-state index in [9.17, 15) is 4.79 Å². The van der Waals surface area contributed by atoms with Gasteiger partial charge in [0.15, 0.2) is 0 Å². The van der Waals surface area contributed by atoms with Crippen molar-refractivity contribution in [3.8, 4) is 0 Å². The molecule has 0 radical (unpaired) electrons. The minimum Gasteiger partial charge on any atom is -0.360 e. The van der Waals surface area contributed by atoms with E-state index in [1.165, 1.54) is 0 Å². The quantitative estimate of drug-likeness (QED) is 0.830. The Kier molecular flexibility index (Phi) is 4.89. The first-order valence-electron chi connectivity index (χ1n) is 6.56. The van der Waals surface area contributed by atoms with Gasteiger partial charge < -0.3 is 10.1 Å². The zero-order chi connectivity index (χ0) is 14.4. The van der Waals surface area contributed by atoms with E-state index in [0.717, 1.165) is 5.56 Å². The molecule has 0 bridgehead atoms. The maximum absolute atomic E-state index is 11.8. The first-order chi connectivity index (χ1) is 9.67. The molecule has 0 atom stereocenters. The first-order valence-corrected chi connectivity index (χ1v) is 6.56. The highest BCUT2D eigenvalue weighted by Gasteiger charge is 2.05. The largest absolute Gasteiger partial charge is 0.360 e. The Bertz CT molecular complexity index is 561. The molecule has 1 N–H and O–H groups in total. The lowest BCUT2D eigenvalue weighted by molar-refractivity contribution is -0.116. The molecule has 0 aromatic carbocycles. The molecule has 2 heterocycles. The maximum Gasteiger partial charge on any atom is 0.226 e. The molecule has 7 nitrogen and oxygen atoms in total. The van der Waals surface area contributed by atoms with Gasteiger partial charge in [-0.2, -0.15) is 10.2 Å². The van der Waals surface area contributed by atoms with Crippen LogP contribution in [-0.2, 0) is 22.8 Å². The van der Waals surface area contributed by atoms with Crippen molar-refractivity contribution in [1.29, 1.82) is 0 Å². The number of ether oxygens (including phenoxy) is 1. The van der Waals surface area contributed by atoms with Crippen LogP contribution in [0.25, 0.3) is 0 Å². The molecule has 20 heavy (non-hydrogen) atoms. The second-order valence-corrected chi connectivity index (χ2v) is 4.47. The molecule has 0 fully saturated rings. The second kappa shape index (κ2) is 6.85. The van der Waals surface area contributed by atoms with Crippen LogP contribution in [0.5, 0.6) is 0 Å². The minimum atomic E-state index is -0.0610. The zero-order valence-electron chi connectivity index (χ0n) is 11.7. The van der Waals surface area contributed by atoms with Crippen molar-refractivity contribution in [1.82, 2.24) is 19.6 Å². The maximum atomic E-state index is 11.8. The molecule has 2 aromatic heterocycles. The molecule has 1 amide bonds. The lowest BCUT2D eigenvalue weighted by atomic mass is 10.4. The van der Waals surface area contributed by atoms with Gasteiger partial charge in [0.05, 0.1) is 24.3 Å². The van der Waals surface area contributed by atoms with Crippen LogP contribution in [0, 0.1) is 6.92 Å². The van der Waals surface area contributed by atoms with Gasteiger partial charge in [-0.05, 0) is 19.4 Å². The third kappa shape index (κ3) is 4.20. The summed E-state index contributed by atoms with van der Waals surface area (Å²) in [5.41, 5.74) is 1.76. The van der Waals surface area contributed by atoms with Gasteiger partial charge in [-0.1, -0.05) is 0 Å². The van der Waals surface area contributed by atoms with Gasteiger partial charge in [-0.25, -0.2) is 4.68 Å². The number of carbonyl (C=O) groups is 1. The molecule has 0 saturated heterocycles. The Balaban J connectivity index is 1.77. The molecule has 0 aliphatic heterocycles. The summed E-state index contributed by atoms with van der Waals surface area (Å²) in [5.74, 6) is -0.0610. The number of aromatic nitrogens is 4. The zero-order valence-corrected chi connectivity index (χ0v) is 11.7. The van der Waals surface area contributed by atoms with Crippen LogP contribution in [0.2, 0.25) is 0 Å². The van der Waals surface area contributed by atoms with Crippen molar-refractivity contribution in [2.24, 2.45) is 0 Å². The number of carbonyl (C=O) groups excluding carboxylic acids is 1. The summed E-state index contributed by atoms with van der Waals surface area (Å²) in [6, 6.07) is 0. The van der Waals surface area contributed by atoms with Crippen molar-refractivity contribution in [2.45, 2.75) is 33.5 Å². The molecule has 7 heteroatoms. The average molecular weight is 277 g/mol. The Morgan fingerprint density at radius 2 is 2.10 bits per heavy atom. The van der Waals surface area contributed by atoms with E-state index in [1.54, 1.807) is 28.0 Å². The molecule has 2 aromatic rings. The third-order valence-corrected chi connectivity index (χ3v) is 2.67. The molecular weight excluding hydrogens is 258 g/mol. The summed E-state index contributed by atoms with van der Waals surface area (Å²) in [6.45, 7) is 5.47. The lowest BCUT2D eigenvalue weighted by Crippen LogP contribution is -2.14. The second-order valence-electron chi connectivity index (χ2n) is 4.47. The molecule has 0 spiro atoms. The average Bonchev–Trinajstić information content (AvgIpc) is 3.03. The Labute approximate surface area is 117 Å². The van der Waals surface area contributed by atoms with Gasteiger partial charge >= 0.3 is 0 Å². The number of hydrogen-bond donors (Lipinski definition) is 1. The van der Waals surface area contributed by atoms with Crippen LogP contribution in [0.1, 0.15) is 18.9 Å². The lowest BCUT2D eigenvalue weighted by Gasteiger charge is -2.03. The Morgan fingerprint density at radius 3 is 2.80 bits per heavy atom. The van der Waals surface area contributed by atoms with Gasteiger partial charge in [0.25, 0.3) is 0 Å². The Morgan fingerprint density at radius 1 is 1.30 bits per heavy atom. The van der Waals surface area contributed by atoms with Gasteiger partial charge in [0.1, 0.15) is 6.73 Å². The molecule has 0 unspecified atom stereocenters. The SMILES string of the molecule is CCOCn1cc(NC(=O)CCn2cc(C)cn2)cn1. The fourth-order valence-corrected chi connectivity index (χ4v) is 1.71. The van der Waals surface area contributed by atoms with Crippen molar-refractivity contribution >= 4 is 11.6 Å².